The van der Waals surface area contributed by atoms with Crippen LogP contribution in [0.2, 0.25) is 5.02 Å². The van der Waals surface area contributed by atoms with Crippen molar-refractivity contribution in [2.45, 2.75) is 6.92 Å². The van der Waals surface area contributed by atoms with E-state index in [9.17, 15) is 19.7 Å². The van der Waals surface area contributed by atoms with Crippen LogP contribution in [0.15, 0.2) is 42.5 Å². The number of benzene rings is 2. The molecule has 0 atom stereocenters. The summed E-state index contributed by atoms with van der Waals surface area (Å²) in [5.41, 5.74) is 5.13. The van der Waals surface area contributed by atoms with E-state index in [0.29, 0.717) is 16.1 Å². The van der Waals surface area contributed by atoms with Gasteiger partial charge in [0.05, 0.1) is 4.92 Å². The average molecular weight is 364 g/mol. The summed E-state index contributed by atoms with van der Waals surface area (Å²) < 4.78 is 5.15. The minimum Gasteiger partial charge on any atom is -0.477 e. The van der Waals surface area contributed by atoms with E-state index in [-0.39, 0.29) is 11.4 Å². The summed E-state index contributed by atoms with van der Waals surface area (Å²) in [6, 6.07) is 10.5. The number of nitrogens with one attached hydrogen (secondary N) is 2. The number of hydrogen-bond acceptors (Lipinski definition) is 5. The molecule has 9 heteroatoms. The highest BCUT2D eigenvalue weighted by molar-refractivity contribution is 6.30. The molecule has 130 valence electrons. The standard InChI is InChI=1S/C16H14ClN3O5/c1-10-2-7-14(13(8-10)20(23)24)25-9-15(21)18-19-16(22)11-3-5-12(17)6-4-11/h2-8H,9H2,1H3,(H,18,21)(H,19,22). The average Bonchev–Trinajstić information content (AvgIpc) is 2.59. The van der Waals surface area contributed by atoms with E-state index in [1.165, 1.54) is 36.4 Å². The molecular formula is C16H14ClN3O5. The van der Waals surface area contributed by atoms with Gasteiger partial charge in [0.1, 0.15) is 0 Å². The number of amides is 2. The zero-order valence-corrected chi connectivity index (χ0v) is 13.9. The maximum Gasteiger partial charge on any atom is 0.311 e. The molecule has 0 aliphatic carbocycles. The van der Waals surface area contributed by atoms with Gasteiger partial charge in [-0.05, 0) is 42.8 Å². The lowest BCUT2D eigenvalue weighted by Gasteiger charge is -2.09. The van der Waals surface area contributed by atoms with Crippen LogP contribution in [-0.2, 0) is 4.79 Å². The highest BCUT2D eigenvalue weighted by Gasteiger charge is 2.16. The molecule has 2 aromatic carbocycles. The van der Waals surface area contributed by atoms with Gasteiger partial charge < -0.3 is 4.74 Å². The minimum absolute atomic E-state index is 0.0326. The number of carbonyl (C=O) groups excluding carboxylic acids is 2. The van der Waals surface area contributed by atoms with E-state index < -0.39 is 23.3 Å². The monoisotopic (exact) mass is 363 g/mol. The molecule has 2 aromatic rings. The van der Waals surface area contributed by atoms with Crippen LogP contribution in [0.1, 0.15) is 15.9 Å². The molecule has 2 rings (SSSR count). The molecule has 0 fully saturated rings. The van der Waals surface area contributed by atoms with E-state index in [1.54, 1.807) is 13.0 Å². The molecule has 25 heavy (non-hydrogen) atoms. The number of nitrogens with zero attached hydrogens (tertiary/aromatic N) is 1. The number of carbonyl (C=O) groups is 2. The Morgan fingerprint density at radius 3 is 2.48 bits per heavy atom. The lowest BCUT2D eigenvalue weighted by molar-refractivity contribution is -0.385. The first kappa shape index (κ1) is 18.2. The smallest absolute Gasteiger partial charge is 0.311 e. The Bertz CT molecular complexity index is 808. The lowest BCUT2D eigenvalue weighted by atomic mass is 10.2. The number of aryl methyl sites for hydroxylation is 1. The Kier molecular flexibility index (Phi) is 5.91. The number of nitro benzene ring substituents is 1. The van der Waals surface area contributed by atoms with Crippen LogP contribution in [0.3, 0.4) is 0 Å². The summed E-state index contributed by atoms with van der Waals surface area (Å²) in [6.07, 6.45) is 0. The Morgan fingerprint density at radius 2 is 1.84 bits per heavy atom. The van der Waals surface area contributed by atoms with Gasteiger partial charge in [0.2, 0.25) is 0 Å². The number of rotatable bonds is 5. The van der Waals surface area contributed by atoms with Crippen molar-refractivity contribution < 1.29 is 19.2 Å². The molecule has 8 nitrogen and oxygen atoms in total. The van der Waals surface area contributed by atoms with Crippen molar-refractivity contribution >= 4 is 29.1 Å². The molecule has 0 aromatic heterocycles. The van der Waals surface area contributed by atoms with Gasteiger partial charge in [-0.15, -0.1) is 0 Å². The van der Waals surface area contributed by atoms with Gasteiger partial charge in [-0.3, -0.25) is 30.6 Å². The fourth-order valence-electron chi connectivity index (χ4n) is 1.87. The maximum atomic E-state index is 11.8. The first-order valence-electron chi connectivity index (χ1n) is 7.09. The number of hydrogen-bond donors (Lipinski definition) is 2. The number of halogens is 1. The van der Waals surface area contributed by atoms with Gasteiger partial charge >= 0.3 is 5.69 Å². The zero-order valence-electron chi connectivity index (χ0n) is 13.1. The zero-order chi connectivity index (χ0) is 18.4. The van der Waals surface area contributed by atoms with Gasteiger partial charge in [0, 0.05) is 16.7 Å². The quantitative estimate of drug-likeness (QED) is 0.626. The molecule has 0 saturated carbocycles. The van der Waals surface area contributed by atoms with Crippen LogP contribution in [0, 0.1) is 17.0 Å². The van der Waals surface area contributed by atoms with Crippen LogP contribution in [0.4, 0.5) is 5.69 Å². The molecular weight excluding hydrogens is 350 g/mol. The molecule has 0 unspecified atom stereocenters. The summed E-state index contributed by atoms with van der Waals surface area (Å²) in [4.78, 5) is 33.9. The van der Waals surface area contributed by atoms with Gasteiger partial charge in [-0.25, -0.2) is 0 Å². The molecule has 0 aliphatic heterocycles. The van der Waals surface area contributed by atoms with Crippen LogP contribution in [-0.4, -0.2) is 23.3 Å². The van der Waals surface area contributed by atoms with E-state index in [4.69, 9.17) is 16.3 Å². The molecule has 0 aliphatic rings. The predicted molar refractivity (Wildman–Crippen MR) is 90.4 cm³/mol. The SMILES string of the molecule is Cc1ccc(OCC(=O)NNC(=O)c2ccc(Cl)cc2)c([N+](=O)[O-])c1. The van der Waals surface area contributed by atoms with Gasteiger partial charge in [-0.1, -0.05) is 17.7 Å². The third kappa shape index (κ3) is 5.18. The van der Waals surface area contributed by atoms with Crippen LogP contribution >= 0.6 is 11.6 Å². The summed E-state index contributed by atoms with van der Waals surface area (Å²) in [5.74, 6) is -1.24. The van der Waals surface area contributed by atoms with Crippen LogP contribution < -0.4 is 15.6 Å². The van der Waals surface area contributed by atoms with Crippen molar-refractivity contribution in [3.05, 3.63) is 68.7 Å². The van der Waals surface area contributed by atoms with Crippen molar-refractivity contribution in [3.63, 3.8) is 0 Å². The van der Waals surface area contributed by atoms with Gasteiger partial charge in [0.25, 0.3) is 11.8 Å². The van der Waals surface area contributed by atoms with Crippen LogP contribution in [0.25, 0.3) is 0 Å². The Hall–Kier alpha value is -3.13. The van der Waals surface area contributed by atoms with Crippen molar-refractivity contribution in [1.82, 2.24) is 10.9 Å². The Labute approximate surface area is 147 Å². The fraction of sp³-hybridized carbons (Fsp3) is 0.125. The topological polar surface area (TPSA) is 111 Å². The highest BCUT2D eigenvalue weighted by atomic mass is 35.5. The highest BCUT2D eigenvalue weighted by Crippen LogP contribution is 2.27. The third-order valence-electron chi connectivity index (χ3n) is 3.09. The number of ether oxygens (including phenoxy) is 1. The molecule has 0 spiro atoms. The summed E-state index contributed by atoms with van der Waals surface area (Å²) in [7, 11) is 0. The van der Waals surface area contributed by atoms with E-state index in [0.717, 1.165) is 0 Å². The van der Waals surface area contributed by atoms with Crippen molar-refractivity contribution in [2.24, 2.45) is 0 Å². The number of nitro groups is 1. The second-order valence-corrected chi connectivity index (χ2v) is 5.46. The molecule has 0 heterocycles. The van der Waals surface area contributed by atoms with E-state index in [1.807, 2.05) is 0 Å². The first-order valence-corrected chi connectivity index (χ1v) is 7.47. The predicted octanol–water partition coefficient (Wildman–Crippen LogP) is 2.40. The molecule has 0 radical (unpaired) electrons. The third-order valence-corrected chi connectivity index (χ3v) is 3.34. The maximum absolute atomic E-state index is 11.8. The second kappa shape index (κ2) is 8.11. The fourth-order valence-corrected chi connectivity index (χ4v) is 2.00. The van der Waals surface area contributed by atoms with Crippen molar-refractivity contribution in [1.29, 1.82) is 0 Å². The van der Waals surface area contributed by atoms with E-state index >= 15 is 0 Å². The van der Waals surface area contributed by atoms with Crippen molar-refractivity contribution in [3.8, 4) is 5.75 Å². The first-order chi connectivity index (χ1) is 11.9. The lowest BCUT2D eigenvalue weighted by Crippen LogP contribution is -2.43. The Balaban J connectivity index is 1.88. The summed E-state index contributed by atoms with van der Waals surface area (Å²) >= 11 is 5.72. The molecule has 2 amide bonds. The van der Waals surface area contributed by atoms with Gasteiger partial charge in [0.15, 0.2) is 12.4 Å². The van der Waals surface area contributed by atoms with Crippen LogP contribution in [0.5, 0.6) is 5.75 Å². The van der Waals surface area contributed by atoms with Crippen molar-refractivity contribution in [2.75, 3.05) is 6.61 Å². The van der Waals surface area contributed by atoms with E-state index in [2.05, 4.69) is 10.9 Å². The second-order valence-electron chi connectivity index (χ2n) is 5.03. The minimum atomic E-state index is -0.669. The number of hydrazine groups is 1. The summed E-state index contributed by atoms with van der Waals surface area (Å²) in [6.45, 7) is 1.21. The molecule has 2 N–H and O–H groups in total. The van der Waals surface area contributed by atoms with Gasteiger partial charge in [-0.2, -0.15) is 0 Å². The Morgan fingerprint density at radius 1 is 1.16 bits per heavy atom. The largest absolute Gasteiger partial charge is 0.477 e. The molecule has 0 saturated heterocycles. The molecule has 0 bridgehead atoms. The summed E-state index contributed by atoms with van der Waals surface area (Å²) in [5, 5.41) is 11.5. The normalized spacial score (nSPS) is 10.0.